The topological polar surface area (TPSA) is 70.1 Å². The van der Waals surface area contributed by atoms with Gasteiger partial charge in [0.25, 0.3) is 0 Å². The van der Waals surface area contributed by atoms with Gasteiger partial charge < -0.3 is 10.8 Å². The number of nitrogens with two attached hydrogens (primary N) is 1. The monoisotopic (exact) mass is 190 g/mol. The highest BCUT2D eigenvalue weighted by molar-refractivity contribution is 5.95. The van der Waals surface area contributed by atoms with Crippen molar-refractivity contribution in [2.75, 3.05) is 6.61 Å². The van der Waals surface area contributed by atoms with E-state index >= 15 is 0 Å². The first-order chi connectivity index (χ1) is 6.74. The Morgan fingerprint density at radius 1 is 1.36 bits per heavy atom. The van der Waals surface area contributed by atoms with Gasteiger partial charge in [0.1, 0.15) is 5.84 Å². The van der Waals surface area contributed by atoms with E-state index in [0.29, 0.717) is 6.42 Å². The van der Waals surface area contributed by atoms with Crippen molar-refractivity contribution >= 4 is 11.9 Å². The van der Waals surface area contributed by atoms with Crippen molar-refractivity contribution in [1.82, 2.24) is 0 Å². The molecular weight excluding hydrogens is 176 g/mol. The van der Waals surface area contributed by atoms with Crippen molar-refractivity contribution in [3.8, 4) is 0 Å². The summed E-state index contributed by atoms with van der Waals surface area (Å²) in [5, 5.41) is 15.8. The summed E-state index contributed by atoms with van der Waals surface area (Å²) in [5.41, 5.74) is 7.09. The molecule has 0 aliphatic heterocycles. The van der Waals surface area contributed by atoms with Gasteiger partial charge in [0.2, 0.25) is 0 Å². The molecule has 1 aromatic carbocycles. The van der Waals surface area contributed by atoms with Crippen LogP contribution >= 0.6 is 0 Å². The molecule has 74 valence electrons. The predicted octanol–water partition coefficient (Wildman–Crippen LogP) is 1.37. The number of nitrogens with one attached hydrogen (secondary N) is 1. The molecule has 0 aliphatic rings. The first-order valence-electron chi connectivity index (χ1n) is 4.46. The summed E-state index contributed by atoms with van der Waals surface area (Å²) in [6.07, 6.45) is 4.50. The van der Waals surface area contributed by atoms with E-state index in [-0.39, 0.29) is 12.4 Å². The first kappa shape index (κ1) is 10.5. The van der Waals surface area contributed by atoms with Gasteiger partial charge in [-0.05, 0) is 12.0 Å². The van der Waals surface area contributed by atoms with Gasteiger partial charge >= 0.3 is 0 Å². The molecule has 3 nitrogen and oxygen atoms in total. The van der Waals surface area contributed by atoms with Crippen LogP contribution in [0.25, 0.3) is 6.08 Å². The summed E-state index contributed by atoms with van der Waals surface area (Å²) in [6.45, 7) is 0.169. The lowest BCUT2D eigenvalue weighted by atomic mass is 10.1. The quantitative estimate of drug-likeness (QED) is 0.495. The number of rotatable bonds is 4. The van der Waals surface area contributed by atoms with Crippen LogP contribution in [0.3, 0.4) is 0 Å². The number of hydrogen-bond acceptors (Lipinski definition) is 2. The molecule has 0 atom stereocenters. The first-order valence-corrected chi connectivity index (χ1v) is 4.46. The van der Waals surface area contributed by atoms with E-state index in [2.05, 4.69) is 0 Å². The van der Waals surface area contributed by atoms with Crippen LogP contribution in [-0.4, -0.2) is 17.5 Å². The van der Waals surface area contributed by atoms with Crippen LogP contribution in [0.2, 0.25) is 0 Å². The van der Waals surface area contributed by atoms with Crippen LogP contribution in [0.1, 0.15) is 17.5 Å². The minimum absolute atomic E-state index is 0.0795. The van der Waals surface area contributed by atoms with Gasteiger partial charge in [0, 0.05) is 12.2 Å². The lowest BCUT2D eigenvalue weighted by molar-refractivity contribution is 0.303. The molecule has 14 heavy (non-hydrogen) atoms. The fraction of sp³-hybridized carbons (Fsp3) is 0.182. The van der Waals surface area contributed by atoms with E-state index in [1.54, 1.807) is 12.1 Å². The van der Waals surface area contributed by atoms with Gasteiger partial charge in [-0.2, -0.15) is 0 Å². The average molecular weight is 190 g/mol. The van der Waals surface area contributed by atoms with Crippen LogP contribution in [0, 0.1) is 5.41 Å². The maximum absolute atomic E-state index is 8.57. The Morgan fingerprint density at radius 2 is 2.00 bits per heavy atom. The zero-order valence-electron chi connectivity index (χ0n) is 7.90. The summed E-state index contributed by atoms with van der Waals surface area (Å²) < 4.78 is 0. The molecular formula is C11H14N2O. The lowest BCUT2D eigenvalue weighted by Gasteiger charge is -1.98. The van der Waals surface area contributed by atoms with Gasteiger partial charge in [-0.3, -0.25) is 5.41 Å². The molecule has 0 heterocycles. The number of amidine groups is 1. The van der Waals surface area contributed by atoms with E-state index in [1.807, 2.05) is 24.3 Å². The molecule has 4 N–H and O–H groups in total. The maximum Gasteiger partial charge on any atom is 0.122 e. The summed E-state index contributed by atoms with van der Waals surface area (Å²) in [6, 6.07) is 7.40. The smallest absolute Gasteiger partial charge is 0.122 e. The van der Waals surface area contributed by atoms with Crippen molar-refractivity contribution in [1.29, 1.82) is 5.41 Å². The zero-order chi connectivity index (χ0) is 10.4. The molecule has 1 rings (SSSR count). The number of nitrogen functional groups attached to an aromatic ring is 1. The molecule has 0 amide bonds. The van der Waals surface area contributed by atoms with Gasteiger partial charge in [-0.15, -0.1) is 0 Å². The maximum atomic E-state index is 8.57. The van der Waals surface area contributed by atoms with Crippen molar-refractivity contribution in [2.24, 2.45) is 5.73 Å². The summed E-state index contributed by atoms with van der Waals surface area (Å²) in [4.78, 5) is 0. The van der Waals surface area contributed by atoms with Crippen LogP contribution < -0.4 is 5.73 Å². The van der Waals surface area contributed by atoms with Crippen molar-refractivity contribution in [2.45, 2.75) is 6.42 Å². The lowest BCUT2D eigenvalue weighted by Crippen LogP contribution is -2.10. The molecule has 3 heteroatoms. The van der Waals surface area contributed by atoms with Gasteiger partial charge in [-0.25, -0.2) is 0 Å². The molecule has 0 radical (unpaired) electrons. The molecule has 0 fully saturated rings. The second-order valence-electron chi connectivity index (χ2n) is 2.95. The number of aliphatic hydroxyl groups excluding tert-OH is 1. The largest absolute Gasteiger partial charge is 0.396 e. The highest BCUT2D eigenvalue weighted by Gasteiger charge is 1.93. The molecule has 0 aromatic heterocycles. The second-order valence-corrected chi connectivity index (χ2v) is 2.95. The van der Waals surface area contributed by atoms with E-state index in [4.69, 9.17) is 16.2 Å². The van der Waals surface area contributed by atoms with Crippen molar-refractivity contribution in [3.05, 3.63) is 41.5 Å². The Labute approximate surface area is 83.4 Å². The minimum atomic E-state index is 0.0795. The Balaban J connectivity index is 2.68. The average Bonchev–Trinajstić information content (AvgIpc) is 2.19. The Bertz CT molecular complexity index is 328. The third kappa shape index (κ3) is 3.03. The fourth-order valence-corrected chi connectivity index (χ4v) is 1.07. The highest BCUT2D eigenvalue weighted by Crippen LogP contribution is 2.05. The van der Waals surface area contributed by atoms with E-state index in [0.717, 1.165) is 11.1 Å². The Morgan fingerprint density at radius 3 is 2.50 bits per heavy atom. The molecule has 0 bridgehead atoms. The van der Waals surface area contributed by atoms with E-state index < -0.39 is 0 Å². The summed E-state index contributed by atoms with van der Waals surface area (Å²) in [7, 11) is 0. The molecule has 0 saturated carbocycles. The van der Waals surface area contributed by atoms with Crippen molar-refractivity contribution in [3.63, 3.8) is 0 Å². The molecule has 0 unspecified atom stereocenters. The third-order valence-corrected chi connectivity index (χ3v) is 1.83. The van der Waals surface area contributed by atoms with Crippen LogP contribution in [0.15, 0.2) is 30.3 Å². The van der Waals surface area contributed by atoms with Gasteiger partial charge in [0.05, 0.1) is 0 Å². The Hall–Kier alpha value is -1.61. The standard InChI is InChI=1S/C11H14N2O/c12-11(13)10-6-4-9(5-7-10)3-1-2-8-14/h1,3-7,14H,2,8H2,(H3,12,13). The van der Waals surface area contributed by atoms with E-state index in [1.165, 1.54) is 0 Å². The van der Waals surface area contributed by atoms with Crippen LogP contribution in [-0.2, 0) is 0 Å². The molecule has 1 aromatic rings. The van der Waals surface area contributed by atoms with Crippen molar-refractivity contribution < 1.29 is 5.11 Å². The predicted molar refractivity (Wildman–Crippen MR) is 58.2 cm³/mol. The number of hydrogen-bond donors (Lipinski definition) is 3. The second kappa shape index (κ2) is 5.19. The Kier molecular flexibility index (Phi) is 3.88. The summed E-state index contributed by atoms with van der Waals surface area (Å²) in [5.74, 6) is 0.0795. The fourth-order valence-electron chi connectivity index (χ4n) is 1.07. The van der Waals surface area contributed by atoms with Crippen LogP contribution in [0.4, 0.5) is 0 Å². The van der Waals surface area contributed by atoms with Gasteiger partial charge in [-0.1, -0.05) is 36.4 Å². The SMILES string of the molecule is N=C(N)c1ccc(C=CCCO)cc1. The highest BCUT2D eigenvalue weighted by atomic mass is 16.2. The normalized spacial score (nSPS) is 10.6. The number of aliphatic hydroxyl groups is 1. The van der Waals surface area contributed by atoms with Gasteiger partial charge in [0.15, 0.2) is 0 Å². The molecule has 0 spiro atoms. The van der Waals surface area contributed by atoms with E-state index in [9.17, 15) is 0 Å². The zero-order valence-corrected chi connectivity index (χ0v) is 7.90. The molecule has 0 aliphatic carbocycles. The number of benzene rings is 1. The third-order valence-electron chi connectivity index (χ3n) is 1.83. The minimum Gasteiger partial charge on any atom is -0.396 e. The summed E-state index contributed by atoms with van der Waals surface area (Å²) >= 11 is 0. The molecule has 0 saturated heterocycles. The van der Waals surface area contributed by atoms with Crippen LogP contribution in [0.5, 0.6) is 0 Å².